The van der Waals surface area contributed by atoms with Crippen LogP contribution >= 0.6 is 0 Å². The van der Waals surface area contributed by atoms with E-state index in [0.29, 0.717) is 5.92 Å². The van der Waals surface area contributed by atoms with E-state index < -0.39 is 15.6 Å². The summed E-state index contributed by atoms with van der Waals surface area (Å²) >= 11 is 0. The van der Waals surface area contributed by atoms with Crippen LogP contribution in [0.2, 0.25) is 0 Å². The Hall–Kier alpha value is -1.17. The van der Waals surface area contributed by atoms with Crippen molar-refractivity contribution < 1.29 is 17.2 Å². The lowest BCUT2D eigenvalue weighted by atomic mass is 10.0. The lowest BCUT2D eigenvalue weighted by Crippen LogP contribution is -2.25. The number of alkyl halides is 2. The molecule has 6 heteroatoms. The van der Waals surface area contributed by atoms with Crippen molar-refractivity contribution in [2.75, 3.05) is 5.32 Å². The van der Waals surface area contributed by atoms with Gasteiger partial charge in [0.05, 0.1) is 10.6 Å². The molecule has 0 amide bonds. The maximum absolute atomic E-state index is 12.7. The minimum absolute atomic E-state index is 0.161. The molecule has 2 unspecified atom stereocenters. The lowest BCUT2D eigenvalue weighted by molar-refractivity contribution is 0.235. The summed E-state index contributed by atoms with van der Waals surface area (Å²) in [6.45, 7) is 2.09. The van der Waals surface area contributed by atoms with Crippen LogP contribution < -0.4 is 5.32 Å². The molecular formula is C14H19F2NO2S. The van der Waals surface area contributed by atoms with Crippen LogP contribution in [0.3, 0.4) is 0 Å². The molecule has 1 N–H and O–H groups in total. The minimum Gasteiger partial charge on any atom is -0.381 e. The Kier molecular flexibility index (Phi) is 4.62. The van der Waals surface area contributed by atoms with E-state index in [-0.39, 0.29) is 16.6 Å². The third-order valence-corrected chi connectivity index (χ3v) is 5.39. The number of hydrogen-bond acceptors (Lipinski definition) is 3. The molecule has 2 rings (SSSR count). The monoisotopic (exact) mass is 303 g/mol. The molecule has 0 bridgehead atoms. The molecule has 112 valence electrons. The molecule has 2 atom stereocenters. The van der Waals surface area contributed by atoms with Crippen LogP contribution in [0, 0.1) is 5.92 Å². The lowest BCUT2D eigenvalue weighted by Gasteiger charge is -2.22. The highest BCUT2D eigenvalue weighted by atomic mass is 32.2. The predicted octanol–water partition coefficient (Wildman–Crippen LogP) is 3.67. The van der Waals surface area contributed by atoms with Crippen LogP contribution in [0.5, 0.6) is 0 Å². The SMILES string of the molecule is CCC1CCCC1Nc1ccccc1S(=O)(=O)C(F)F. The van der Waals surface area contributed by atoms with Crippen LogP contribution in [-0.2, 0) is 9.84 Å². The number of rotatable bonds is 5. The van der Waals surface area contributed by atoms with Crippen molar-refractivity contribution in [1.29, 1.82) is 0 Å². The first-order valence-corrected chi connectivity index (χ1v) is 8.39. The summed E-state index contributed by atoms with van der Waals surface area (Å²) in [7, 11) is -4.57. The average molecular weight is 303 g/mol. The van der Waals surface area contributed by atoms with Gasteiger partial charge in [-0.15, -0.1) is 0 Å². The molecule has 1 saturated carbocycles. The smallest absolute Gasteiger partial charge is 0.341 e. The molecular weight excluding hydrogens is 284 g/mol. The number of hydrogen-bond donors (Lipinski definition) is 1. The van der Waals surface area contributed by atoms with Crippen molar-refractivity contribution in [3.63, 3.8) is 0 Å². The normalized spacial score (nSPS) is 23.2. The van der Waals surface area contributed by atoms with Crippen molar-refractivity contribution in [3.8, 4) is 0 Å². The number of benzene rings is 1. The van der Waals surface area contributed by atoms with E-state index in [9.17, 15) is 17.2 Å². The molecule has 0 radical (unpaired) electrons. The molecule has 1 aliphatic carbocycles. The van der Waals surface area contributed by atoms with E-state index in [1.54, 1.807) is 12.1 Å². The molecule has 0 aromatic heterocycles. The van der Waals surface area contributed by atoms with Gasteiger partial charge in [-0.2, -0.15) is 8.78 Å². The van der Waals surface area contributed by atoms with Gasteiger partial charge in [-0.1, -0.05) is 31.9 Å². The van der Waals surface area contributed by atoms with Gasteiger partial charge in [-0.3, -0.25) is 0 Å². The second kappa shape index (κ2) is 6.08. The number of halogens is 2. The summed E-state index contributed by atoms with van der Waals surface area (Å²) in [6, 6.07) is 6.07. The molecule has 0 aliphatic heterocycles. The van der Waals surface area contributed by atoms with Crippen molar-refractivity contribution in [1.82, 2.24) is 0 Å². The van der Waals surface area contributed by atoms with Gasteiger partial charge < -0.3 is 5.32 Å². The second-order valence-corrected chi connectivity index (χ2v) is 7.04. The Morgan fingerprint density at radius 2 is 2.00 bits per heavy atom. The maximum atomic E-state index is 12.7. The highest BCUT2D eigenvalue weighted by molar-refractivity contribution is 7.91. The highest BCUT2D eigenvalue weighted by Gasteiger charge is 2.31. The van der Waals surface area contributed by atoms with Crippen LogP contribution in [0.15, 0.2) is 29.2 Å². The summed E-state index contributed by atoms with van der Waals surface area (Å²) in [4.78, 5) is -0.309. The minimum atomic E-state index is -4.57. The molecule has 1 aromatic rings. The zero-order valence-corrected chi connectivity index (χ0v) is 12.2. The molecule has 20 heavy (non-hydrogen) atoms. The number of nitrogens with one attached hydrogen (secondary N) is 1. The van der Waals surface area contributed by atoms with Crippen LogP contribution in [0.4, 0.5) is 14.5 Å². The van der Waals surface area contributed by atoms with E-state index in [1.165, 1.54) is 12.1 Å². The van der Waals surface area contributed by atoms with E-state index in [4.69, 9.17) is 0 Å². The fourth-order valence-electron chi connectivity index (χ4n) is 2.85. The Labute approximate surface area is 118 Å². The van der Waals surface area contributed by atoms with E-state index in [0.717, 1.165) is 25.7 Å². The molecule has 0 heterocycles. The van der Waals surface area contributed by atoms with Gasteiger partial charge in [-0.25, -0.2) is 8.42 Å². The second-order valence-electron chi connectivity index (χ2n) is 5.15. The van der Waals surface area contributed by atoms with Gasteiger partial charge in [0.25, 0.3) is 0 Å². The maximum Gasteiger partial charge on any atom is 0.341 e. The van der Waals surface area contributed by atoms with Crippen LogP contribution in [0.1, 0.15) is 32.6 Å². The third kappa shape index (κ3) is 2.95. The van der Waals surface area contributed by atoms with Gasteiger partial charge in [0.1, 0.15) is 0 Å². The largest absolute Gasteiger partial charge is 0.381 e. The Morgan fingerprint density at radius 1 is 1.30 bits per heavy atom. The topological polar surface area (TPSA) is 46.2 Å². The summed E-state index contributed by atoms with van der Waals surface area (Å²) in [6.07, 6.45) is 4.13. The summed E-state index contributed by atoms with van der Waals surface area (Å²) in [5, 5.41) is 3.16. The molecule has 0 saturated heterocycles. The Balaban J connectivity index is 2.29. The fourth-order valence-corrected chi connectivity index (χ4v) is 3.74. The summed E-state index contributed by atoms with van der Waals surface area (Å²) in [5.74, 6) is -2.92. The standard InChI is InChI=1S/C14H19F2NO2S/c1-2-10-6-5-8-11(10)17-12-7-3-4-9-13(12)20(18,19)14(15)16/h3-4,7,9-11,14,17H,2,5-6,8H2,1H3. The van der Waals surface area contributed by atoms with Crippen LogP contribution in [0.25, 0.3) is 0 Å². The van der Waals surface area contributed by atoms with Gasteiger partial charge in [0.15, 0.2) is 0 Å². The first kappa shape index (κ1) is 15.2. The summed E-state index contributed by atoms with van der Waals surface area (Å²) in [5.41, 5.74) is 0.290. The molecule has 0 spiro atoms. The Morgan fingerprint density at radius 3 is 2.65 bits per heavy atom. The number of sulfone groups is 1. The average Bonchev–Trinajstić information content (AvgIpc) is 2.86. The van der Waals surface area contributed by atoms with Crippen molar-refractivity contribution >= 4 is 15.5 Å². The Bertz CT molecular complexity index is 560. The van der Waals surface area contributed by atoms with Crippen molar-refractivity contribution in [3.05, 3.63) is 24.3 Å². The molecule has 1 fully saturated rings. The van der Waals surface area contributed by atoms with E-state index >= 15 is 0 Å². The first-order chi connectivity index (χ1) is 9.46. The molecule has 1 aliphatic rings. The predicted molar refractivity (Wildman–Crippen MR) is 74.7 cm³/mol. The molecule has 3 nitrogen and oxygen atoms in total. The fraction of sp³-hybridized carbons (Fsp3) is 0.571. The van der Waals surface area contributed by atoms with Crippen molar-refractivity contribution in [2.45, 2.75) is 49.3 Å². The molecule has 1 aromatic carbocycles. The number of anilines is 1. The summed E-state index contributed by atoms with van der Waals surface area (Å²) < 4.78 is 48.8. The number of para-hydroxylation sites is 1. The van der Waals surface area contributed by atoms with E-state index in [1.807, 2.05) is 0 Å². The van der Waals surface area contributed by atoms with Gasteiger partial charge in [0.2, 0.25) is 9.84 Å². The zero-order chi connectivity index (χ0) is 14.8. The van der Waals surface area contributed by atoms with Crippen molar-refractivity contribution in [2.24, 2.45) is 5.92 Å². The quantitative estimate of drug-likeness (QED) is 0.902. The van der Waals surface area contributed by atoms with Gasteiger partial charge in [-0.05, 0) is 30.9 Å². The third-order valence-electron chi connectivity index (χ3n) is 3.95. The highest BCUT2D eigenvalue weighted by Crippen LogP contribution is 2.33. The first-order valence-electron chi connectivity index (χ1n) is 6.84. The zero-order valence-electron chi connectivity index (χ0n) is 11.4. The van der Waals surface area contributed by atoms with Crippen LogP contribution in [-0.4, -0.2) is 20.2 Å². The van der Waals surface area contributed by atoms with Gasteiger partial charge in [0, 0.05) is 6.04 Å². The van der Waals surface area contributed by atoms with Gasteiger partial charge >= 0.3 is 5.76 Å². The van der Waals surface area contributed by atoms with E-state index in [2.05, 4.69) is 12.2 Å².